The lowest BCUT2D eigenvalue weighted by molar-refractivity contribution is -0.0495. The molecule has 0 amide bonds. The largest absolute Gasteiger partial charge is 0.387 e. The Morgan fingerprint density at radius 2 is 2.14 bits per heavy atom. The van der Waals surface area contributed by atoms with Crippen LogP contribution in [0.25, 0.3) is 10.9 Å². The molecule has 1 fully saturated rings. The molecule has 4 heteroatoms. The van der Waals surface area contributed by atoms with E-state index in [-0.39, 0.29) is 0 Å². The Kier molecular flexibility index (Phi) is 3.48. The van der Waals surface area contributed by atoms with Gasteiger partial charge in [-0.2, -0.15) is 0 Å². The molecule has 4 rings (SSSR count). The number of fused-ring (bicyclic) bond motifs is 3. The summed E-state index contributed by atoms with van der Waals surface area (Å²) >= 11 is 0. The summed E-state index contributed by atoms with van der Waals surface area (Å²) in [6.45, 7) is 4.67. The van der Waals surface area contributed by atoms with Gasteiger partial charge in [0.05, 0.1) is 5.60 Å². The van der Waals surface area contributed by atoms with E-state index in [0.717, 1.165) is 52.0 Å². The number of nitrogens with one attached hydrogen (secondary N) is 1. The number of aliphatic hydroxyl groups is 1. The van der Waals surface area contributed by atoms with Gasteiger partial charge in [-0.05, 0) is 38.1 Å². The molecule has 1 saturated heterocycles. The van der Waals surface area contributed by atoms with Crippen LogP contribution in [0.15, 0.2) is 24.3 Å². The number of nitrogens with zero attached hydrogens (tertiary/aromatic N) is 2. The monoisotopic (exact) mass is 299 g/mol. The fraction of sp³-hybridized carbons (Fsp3) is 0.556. The molecule has 2 aliphatic rings. The number of likely N-dealkylation sites (N-methyl/N-ethyl adjacent to an activating group) is 1. The fourth-order valence-corrected chi connectivity index (χ4v) is 4.24. The highest BCUT2D eigenvalue weighted by Gasteiger charge is 2.34. The van der Waals surface area contributed by atoms with Crippen molar-refractivity contribution in [1.82, 2.24) is 14.8 Å². The number of aromatic nitrogens is 1. The Bertz CT molecular complexity index is 680. The Morgan fingerprint density at radius 1 is 1.27 bits per heavy atom. The smallest absolute Gasteiger partial charge is 0.0900 e. The van der Waals surface area contributed by atoms with E-state index in [1.807, 2.05) is 0 Å². The zero-order valence-corrected chi connectivity index (χ0v) is 13.3. The molecule has 2 aromatic rings. The Morgan fingerprint density at radius 3 is 3.00 bits per heavy atom. The van der Waals surface area contributed by atoms with Gasteiger partial charge in [-0.1, -0.05) is 18.2 Å². The van der Waals surface area contributed by atoms with Crippen molar-refractivity contribution in [2.45, 2.75) is 31.4 Å². The van der Waals surface area contributed by atoms with Crippen LogP contribution in [0.4, 0.5) is 0 Å². The first-order valence-electron chi connectivity index (χ1n) is 8.35. The van der Waals surface area contributed by atoms with Crippen molar-refractivity contribution >= 4 is 10.9 Å². The van der Waals surface area contributed by atoms with Gasteiger partial charge in [-0.3, -0.25) is 4.90 Å². The van der Waals surface area contributed by atoms with Crippen LogP contribution in [0.2, 0.25) is 0 Å². The van der Waals surface area contributed by atoms with Gasteiger partial charge in [0, 0.05) is 49.2 Å². The standard InChI is InChI=1S/C18H25N3O/c1-20-9-4-8-18(22,12-20)13-21-10-7-17-15(11-21)14-5-2-3-6-16(14)19-17/h2-3,5-6,19,22H,4,7-13H2,1H3. The van der Waals surface area contributed by atoms with E-state index in [9.17, 15) is 5.11 Å². The number of para-hydroxylation sites is 1. The van der Waals surface area contributed by atoms with Crippen LogP contribution in [-0.4, -0.2) is 58.7 Å². The average molecular weight is 299 g/mol. The minimum Gasteiger partial charge on any atom is -0.387 e. The number of aromatic amines is 1. The minimum absolute atomic E-state index is 0.545. The molecule has 0 aliphatic carbocycles. The minimum atomic E-state index is -0.545. The normalized spacial score (nSPS) is 27.2. The quantitative estimate of drug-likeness (QED) is 0.891. The molecule has 3 heterocycles. The number of hydrogen-bond acceptors (Lipinski definition) is 3. The first kappa shape index (κ1) is 14.2. The van der Waals surface area contributed by atoms with Gasteiger partial charge in [-0.25, -0.2) is 0 Å². The van der Waals surface area contributed by atoms with Gasteiger partial charge in [0.1, 0.15) is 0 Å². The Balaban J connectivity index is 1.54. The maximum Gasteiger partial charge on any atom is 0.0900 e. The number of benzene rings is 1. The molecule has 0 radical (unpaired) electrons. The summed E-state index contributed by atoms with van der Waals surface area (Å²) in [5, 5.41) is 12.3. The summed E-state index contributed by atoms with van der Waals surface area (Å²) in [4.78, 5) is 8.25. The molecule has 0 spiro atoms. The molecule has 2 N–H and O–H groups in total. The zero-order chi connectivity index (χ0) is 15.2. The molecule has 22 heavy (non-hydrogen) atoms. The summed E-state index contributed by atoms with van der Waals surface area (Å²) in [7, 11) is 2.11. The van der Waals surface area contributed by atoms with Crippen molar-refractivity contribution < 1.29 is 5.11 Å². The van der Waals surface area contributed by atoms with Gasteiger partial charge in [0.25, 0.3) is 0 Å². The van der Waals surface area contributed by atoms with E-state index < -0.39 is 5.60 Å². The highest BCUT2D eigenvalue weighted by atomic mass is 16.3. The number of rotatable bonds is 2. The molecule has 0 saturated carbocycles. The third kappa shape index (κ3) is 2.56. The lowest BCUT2D eigenvalue weighted by Crippen LogP contribution is -2.53. The number of H-pyrrole nitrogens is 1. The lowest BCUT2D eigenvalue weighted by Gasteiger charge is -2.41. The maximum absolute atomic E-state index is 10.9. The van der Waals surface area contributed by atoms with Gasteiger partial charge >= 0.3 is 0 Å². The van der Waals surface area contributed by atoms with Gasteiger partial charge in [-0.15, -0.1) is 0 Å². The van der Waals surface area contributed by atoms with Gasteiger partial charge < -0.3 is 15.0 Å². The van der Waals surface area contributed by atoms with E-state index in [1.54, 1.807) is 0 Å². The first-order chi connectivity index (χ1) is 10.6. The highest BCUT2D eigenvalue weighted by molar-refractivity contribution is 5.84. The average Bonchev–Trinajstić information content (AvgIpc) is 2.85. The lowest BCUT2D eigenvalue weighted by atomic mass is 9.91. The van der Waals surface area contributed by atoms with Crippen molar-refractivity contribution in [2.24, 2.45) is 0 Å². The fourth-order valence-electron chi connectivity index (χ4n) is 4.24. The van der Waals surface area contributed by atoms with Crippen molar-refractivity contribution in [3.05, 3.63) is 35.5 Å². The van der Waals surface area contributed by atoms with E-state index in [0.29, 0.717) is 0 Å². The van der Waals surface area contributed by atoms with Crippen LogP contribution in [0.3, 0.4) is 0 Å². The summed E-state index contributed by atoms with van der Waals surface area (Å²) in [5.74, 6) is 0. The molecular weight excluding hydrogens is 274 g/mol. The van der Waals surface area contributed by atoms with Crippen molar-refractivity contribution in [3.8, 4) is 0 Å². The number of β-amino-alcohol motifs (C(OH)–C–C–N with tert-alkyl or cyclic N) is 1. The molecule has 118 valence electrons. The number of likely N-dealkylation sites (tertiary alicyclic amines) is 1. The Labute approximate surface area is 131 Å². The van der Waals surface area contributed by atoms with Crippen LogP contribution >= 0.6 is 0 Å². The maximum atomic E-state index is 10.9. The third-order valence-electron chi connectivity index (χ3n) is 5.23. The van der Waals surface area contributed by atoms with Gasteiger partial charge in [0.2, 0.25) is 0 Å². The predicted octanol–water partition coefficient (Wildman–Crippen LogP) is 1.98. The summed E-state index contributed by atoms with van der Waals surface area (Å²) in [6.07, 6.45) is 3.07. The van der Waals surface area contributed by atoms with Crippen molar-refractivity contribution in [3.63, 3.8) is 0 Å². The van der Waals surface area contributed by atoms with Crippen LogP contribution in [-0.2, 0) is 13.0 Å². The summed E-state index contributed by atoms with van der Waals surface area (Å²) in [6, 6.07) is 8.56. The van der Waals surface area contributed by atoms with Crippen molar-refractivity contribution in [1.29, 1.82) is 0 Å². The third-order valence-corrected chi connectivity index (χ3v) is 5.23. The molecule has 2 aliphatic heterocycles. The molecule has 1 aromatic heterocycles. The summed E-state index contributed by atoms with van der Waals surface area (Å²) in [5.41, 5.74) is 3.50. The molecule has 1 aromatic carbocycles. The van der Waals surface area contributed by atoms with E-state index in [2.05, 4.69) is 46.1 Å². The molecular formula is C18H25N3O. The van der Waals surface area contributed by atoms with E-state index in [1.165, 1.54) is 22.2 Å². The van der Waals surface area contributed by atoms with E-state index in [4.69, 9.17) is 0 Å². The number of piperidine rings is 1. The van der Waals surface area contributed by atoms with E-state index >= 15 is 0 Å². The van der Waals surface area contributed by atoms with Crippen LogP contribution in [0.5, 0.6) is 0 Å². The second kappa shape index (κ2) is 5.37. The predicted molar refractivity (Wildman–Crippen MR) is 89.0 cm³/mol. The van der Waals surface area contributed by atoms with Crippen LogP contribution in [0.1, 0.15) is 24.1 Å². The second-order valence-corrected chi connectivity index (χ2v) is 7.15. The molecule has 0 bridgehead atoms. The topological polar surface area (TPSA) is 42.5 Å². The number of hydrogen-bond donors (Lipinski definition) is 2. The van der Waals surface area contributed by atoms with Crippen molar-refractivity contribution in [2.75, 3.05) is 33.2 Å². The SMILES string of the molecule is CN1CCCC(O)(CN2CCc3[nH]c4ccccc4c3C2)C1. The first-order valence-corrected chi connectivity index (χ1v) is 8.35. The second-order valence-electron chi connectivity index (χ2n) is 7.15. The molecule has 4 nitrogen and oxygen atoms in total. The molecule has 1 unspecified atom stereocenters. The zero-order valence-electron chi connectivity index (χ0n) is 13.3. The molecule has 1 atom stereocenters. The summed E-state index contributed by atoms with van der Waals surface area (Å²) < 4.78 is 0. The van der Waals surface area contributed by atoms with Gasteiger partial charge in [0.15, 0.2) is 0 Å². The van der Waals surface area contributed by atoms with Crippen LogP contribution < -0.4 is 0 Å². The van der Waals surface area contributed by atoms with Crippen LogP contribution in [0, 0.1) is 0 Å². The highest BCUT2D eigenvalue weighted by Crippen LogP contribution is 2.29. The Hall–Kier alpha value is -1.36.